The lowest BCUT2D eigenvalue weighted by atomic mass is 10.1. The Balaban J connectivity index is 2.29. The van der Waals surface area contributed by atoms with Crippen LogP contribution in [0.3, 0.4) is 0 Å². The number of nitrogens with two attached hydrogens (primary N) is 1. The van der Waals surface area contributed by atoms with Gasteiger partial charge in [-0.25, -0.2) is 8.42 Å². The van der Waals surface area contributed by atoms with E-state index in [-0.39, 0.29) is 6.04 Å². The lowest BCUT2D eigenvalue weighted by Gasteiger charge is -2.29. The third-order valence-corrected chi connectivity index (χ3v) is 7.09. The van der Waals surface area contributed by atoms with Gasteiger partial charge in [0.15, 0.2) is 0 Å². The number of nitrogens with zero attached hydrogens (tertiary/aromatic N) is 1. The van der Waals surface area contributed by atoms with Gasteiger partial charge in [0, 0.05) is 23.6 Å². The second-order valence-corrected chi connectivity index (χ2v) is 7.73. The first-order valence-corrected chi connectivity index (χ1v) is 8.12. The Morgan fingerprint density at radius 3 is 2.88 bits per heavy atom. The van der Waals surface area contributed by atoms with E-state index in [0.29, 0.717) is 21.8 Å². The van der Waals surface area contributed by atoms with E-state index >= 15 is 0 Å². The number of sulfonamides is 1. The molecule has 0 bridgehead atoms. The molecular formula is C9H13BrN2O2S2. The Labute approximate surface area is 108 Å². The van der Waals surface area contributed by atoms with Crippen LogP contribution < -0.4 is 5.73 Å². The predicted molar refractivity (Wildman–Crippen MR) is 68.0 cm³/mol. The second-order valence-electron chi connectivity index (χ2n) is 3.82. The molecule has 90 valence electrons. The van der Waals surface area contributed by atoms with Crippen molar-refractivity contribution in [3.05, 3.63) is 15.9 Å². The number of halogens is 1. The summed E-state index contributed by atoms with van der Waals surface area (Å²) in [6, 6.07) is 1.71. The second kappa shape index (κ2) is 4.73. The lowest BCUT2D eigenvalue weighted by molar-refractivity contribution is 0.316. The van der Waals surface area contributed by atoms with E-state index in [0.717, 1.165) is 12.8 Å². The minimum absolute atomic E-state index is 0.0396. The van der Waals surface area contributed by atoms with Crippen molar-refractivity contribution in [2.45, 2.75) is 23.1 Å². The van der Waals surface area contributed by atoms with E-state index in [1.54, 1.807) is 11.4 Å². The molecule has 2 N–H and O–H groups in total. The van der Waals surface area contributed by atoms with Crippen LogP contribution in [0, 0.1) is 0 Å². The van der Waals surface area contributed by atoms with Gasteiger partial charge in [-0.05, 0) is 40.2 Å². The van der Waals surface area contributed by atoms with Crippen molar-refractivity contribution in [3.63, 3.8) is 0 Å². The minimum Gasteiger partial charge on any atom is -0.327 e. The molecular weight excluding hydrogens is 312 g/mol. The molecule has 0 aliphatic carbocycles. The minimum atomic E-state index is -3.36. The fourth-order valence-electron chi connectivity index (χ4n) is 1.77. The fourth-order valence-corrected chi connectivity index (χ4v) is 5.76. The van der Waals surface area contributed by atoms with Crippen molar-refractivity contribution in [2.75, 3.05) is 13.1 Å². The van der Waals surface area contributed by atoms with Gasteiger partial charge in [-0.15, -0.1) is 11.3 Å². The van der Waals surface area contributed by atoms with E-state index in [9.17, 15) is 8.42 Å². The van der Waals surface area contributed by atoms with Crippen LogP contribution in [0.1, 0.15) is 12.8 Å². The highest BCUT2D eigenvalue weighted by molar-refractivity contribution is 9.10. The Kier molecular flexibility index (Phi) is 3.70. The van der Waals surface area contributed by atoms with Gasteiger partial charge in [0.2, 0.25) is 0 Å². The summed E-state index contributed by atoms with van der Waals surface area (Å²) < 4.78 is 27.0. The summed E-state index contributed by atoms with van der Waals surface area (Å²) in [5.41, 5.74) is 5.80. The van der Waals surface area contributed by atoms with E-state index in [1.165, 1.54) is 15.6 Å². The third kappa shape index (κ3) is 2.33. The van der Waals surface area contributed by atoms with Gasteiger partial charge in [-0.2, -0.15) is 4.31 Å². The zero-order chi connectivity index (χ0) is 11.8. The SMILES string of the molecule is NC1CCCN(S(=O)(=O)c2sccc2Br)C1. The van der Waals surface area contributed by atoms with Crippen molar-refractivity contribution in [1.82, 2.24) is 4.31 Å². The number of rotatable bonds is 2. The normalized spacial score (nSPS) is 23.5. The molecule has 1 aliphatic heterocycles. The molecule has 1 atom stereocenters. The van der Waals surface area contributed by atoms with Crippen LogP contribution in [0.5, 0.6) is 0 Å². The van der Waals surface area contributed by atoms with E-state index in [2.05, 4.69) is 15.9 Å². The van der Waals surface area contributed by atoms with E-state index in [1.807, 2.05) is 0 Å². The Morgan fingerprint density at radius 2 is 2.31 bits per heavy atom. The van der Waals surface area contributed by atoms with Gasteiger partial charge < -0.3 is 5.73 Å². The van der Waals surface area contributed by atoms with Gasteiger partial charge in [0.25, 0.3) is 10.0 Å². The zero-order valence-electron chi connectivity index (χ0n) is 8.60. The number of hydrogen-bond acceptors (Lipinski definition) is 4. The molecule has 1 unspecified atom stereocenters. The summed E-state index contributed by atoms with van der Waals surface area (Å²) in [5.74, 6) is 0. The Morgan fingerprint density at radius 1 is 1.56 bits per heavy atom. The van der Waals surface area contributed by atoms with Crippen LogP contribution in [-0.4, -0.2) is 31.9 Å². The van der Waals surface area contributed by atoms with Crippen LogP contribution in [0.15, 0.2) is 20.1 Å². The first kappa shape index (κ1) is 12.5. The van der Waals surface area contributed by atoms with Crippen molar-refractivity contribution >= 4 is 37.3 Å². The van der Waals surface area contributed by atoms with Gasteiger partial charge in [-0.1, -0.05) is 0 Å². The molecule has 0 saturated carbocycles. The lowest BCUT2D eigenvalue weighted by Crippen LogP contribution is -2.45. The molecule has 0 aromatic carbocycles. The maximum absolute atomic E-state index is 12.3. The molecule has 2 rings (SSSR count). The molecule has 0 radical (unpaired) electrons. The predicted octanol–water partition coefficient (Wildman–Crippen LogP) is 1.62. The standard InChI is InChI=1S/C9H13BrN2O2S2/c10-8-3-5-15-9(8)16(13,14)12-4-1-2-7(11)6-12/h3,5,7H,1-2,4,6,11H2. The van der Waals surface area contributed by atoms with Crippen molar-refractivity contribution in [3.8, 4) is 0 Å². The average molecular weight is 325 g/mol. The molecule has 1 saturated heterocycles. The first-order chi connectivity index (χ1) is 7.51. The summed E-state index contributed by atoms with van der Waals surface area (Å²) in [7, 11) is -3.36. The molecule has 4 nitrogen and oxygen atoms in total. The molecule has 1 aromatic rings. The summed E-state index contributed by atoms with van der Waals surface area (Å²) in [4.78, 5) is 0. The van der Waals surface area contributed by atoms with Gasteiger partial charge in [-0.3, -0.25) is 0 Å². The summed E-state index contributed by atoms with van der Waals surface area (Å²) >= 11 is 4.49. The van der Waals surface area contributed by atoms with Gasteiger partial charge >= 0.3 is 0 Å². The van der Waals surface area contributed by atoms with Crippen LogP contribution in [-0.2, 0) is 10.0 Å². The summed E-state index contributed by atoms with van der Waals surface area (Å²) in [6.45, 7) is 0.993. The highest BCUT2D eigenvalue weighted by Gasteiger charge is 2.31. The largest absolute Gasteiger partial charge is 0.327 e. The molecule has 1 fully saturated rings. The van der Waals surface area contributed by atoms with Crippen LogP contribution in [0.4, 0.5) is 0 Å². The molecule has 0 amide bonds. The Hall–Kier alpha value is 0.0500. The highest BCUT2D eigenvalue weighted by Crippen LogP contribution is 2.31. The highest BCUT2D eigenvalue weighted by atomic mass is 79.9. The quantitative estimate of drug-likeness (QED) is 0.899. The molecule has 2 heterocycles. The fraction of sp³-hybridized carbons (Fsp3) is 0.556. The zero-order valence-corrected chi connectivity index (χ0v) is 11.8. The molecule has 1 aromatic heterocycles. The molecule has 7 heteroatoms. The third-order valence-electron chi connectivity index (χ3n) is 2.58. The average Bonchev–Trinajstić information content (AvgIpc) is 2.65. The summed E-state index contributed by atoms with van der Waals surface area (Å²) in [6.07, 6.45) is 1.74. The maximum Gasteiger partial charge on any atom is 0.253 e. The number of hydrogen-bond donors (Lipinski definition) is 1. The van der Waals surface area contributed by atoms with E-state index < -0.39 is 10.0 Å². The van der Waals surface area contributed by atoms with Crippen LogP contribution in [0.25, 0.3) is 0 Å². The molecule has 16 heavy (non-hydrogen) atoms. The van der Waals surface area contributed by atoms with Crippen LogP contribution >= 0.6 is 27.3 Å². The first-order valence-electron chi connectivity index (χ1n) is 5.00. The Bertz CT molecular complexity index is 472. The van der Waals surface area contributed by atoms with Crippen LogP contribution in [0.2, 0.25) is 0 Å². The van der Waals surface area contributed by atoms with Gasteiger partial charge in [0.05, 0.1) is 0 Å². The maximum atomic E-state index is 12.3. The van der Waals surface area contributed by atoms with Crippen molar-refractivity contribution in [1.29, 1.82) is 0 Å². The van der Waals surface area contributed by atoms with Crippen molar-refractivity contribution < 1.29 is 8.42 Å². The number of thiophene rings is 1. The monoisotopic (exact) mass is 324 g/mol. The van der Waals surface area contributed by atoms with Gasteiger partial charge in [0.1, 0.15) is 4.21 Å². The smallest absolute Gasteiger partial charge is 0.253 e. The number of piperidine rings is 1. The topological polar surface area (TPSA) is 63.4 Å². The summed E-state index contributed by atoms with van der Waals surface area (Å²) in [5, 5.41) is 1.76. The molecule has 1 aliphatic rings. The molecule has 0 spiro atoms. The van der Waals surface area contributed by atoms with E-state index in [4.69, 9.17) is 5.73 Å². The van der Waals surface area contributed by atoms with Crippen molar-refractivity contribution in [2.24, 2.45) is 5.73 Å².